The van der Waals surface area contributed by atoms with Crippen molar-refractivity contribution in [3.8, 4) is 11.3 Å². The third-order valence-electron chi connectivity index (χ3n) is 2.37. The van der Waals surface area contributed by atoms with Crippen LogP contribution in [0, 0.1) is 5.82 Å². The number of carbonyl (C=O) groups excluding carboxylic acids is 1. The molecule has 4 heteroatoms. The Morgan fingerprint density at radius 1 is 1.29 bits per heavy atom. The Bertz CT molecular complexity index is 566. The highest BCUT2D eigenvalue weighted by atomic mass is 35.5. The van der Waals surface area contributed by atoms with Crippen LogP contribution in [0.4, 0.5) is 4.39 Å². The highest BCUT2D eigenvalue weighted by Crippen LogP contribution is 2.24. The quantitative estimate of drug-likeness (QED) is 0.759. The molecule has 0 aliphatic rings. The van der Waals surface area contributed by atoms with Crippen molar-refractivity contribution in [2.75, 3.05) is 0 Å². The van der Waals surface area contributed by atoms with E-state index in [1.807, 2.05) is 0 Å². The van der Waals surface area contributed by atoms with E-state index in [1.54, 1.807) is 12.1 Å². The molecule has 2 rings (SSSR count). The van der Waals surface area contributed by atoms with E-state index in [4.69, 9.17) is 11.6 Å². The lowest BCUT2D eigenvalue weighted by Crippen LogP contribution is -1.94. The van der Waals surface area contributed by atoms with Crippen molar-refractivity contribution in [2.45, 2.75) is 6.92 Å². The molecular formula is C13H9ClFNO. The van der Waals surface area contributed by atoms with Gasteiger partial charge in [0.2, 0.25) is 0 Å². The third kappa shape index (κ3) is 2.50. The van der Waals surface area contributed by atoms with Crippen LogP contribution in [-0.2, 0) is 0 Å². The van der Waals surface area contributed by atoms with Crippen LogP contribution >= 0.6 is 11.6 Å². The Kier molecular flexibility index (Phi) is 3.20. The van der Waals surface area contributed by atoms with Crippen molar-refractivity contribution in [3.63, 3.8) is 0 Å². The Balaban J connectivity index is 2.46. The highest BCUT2D eigenvalue weighted by molar-refractivity contribution is 6.30. The second-order valence-corrected chi connectivity index (χ2v) is 4.05. The summed E-state index contributed by atoms with van der Waals surface area (Å²) in [5, 5.41) is 0.443. The van der Waals surface area contributed by atoms with Gasteiger partial charge in [0, 0.05) is 22.3 Å². The minimum Gasteiger partial charge on any atom is -0.294 e. The number of halogens is 2. The molecule has 86 valence electrons. The number of benzene rings is 1. The van der Waals surface area contributed by atoms with Gasteiger partial charge in [-0.3, -0.25) is 9.78 Å². The van der Waals surface area contributed by atoms with Crippen molar-refractivity contribution in [2.24, 2.45) is 0 Å². The maximum absolute atomic E-state index is 13.5. The Hall–Kier alpha value is -1.74. The summed E-state index contributed by atoms with van der Waals surface area (Å²) in [6.45, 7) is 1.46. The van der Waals surface area contributed by atoms with Crippen LogP contribution in [0.5, 0.6) is 0 Å². The van der Waals surface area contributed by atoms with Gasteiger partial charge < -0.3 is 0 Å². The molecule has 2 nitrogen and oxygen atoms in total. The first-order chi connectivity index (χ1) is 8.08. The number of carbonyl (C=O) groups is 1. The lowest BCUT2D eigenvalue weighted by Gasteiger charge is -2.03. The first-order valence-electron chi connectivity index (χ1n) is 5.00. The number of rotatable bonds is 2. The molecule has 17 heavy (non-hydrogen) atoms. The zero-order chi connectivity index (χ0) is 12.4. The molecular weight excluding hydrogens is 241 g/mol. The van der Waals surface area contributed by atoms with Crippen molar-refractivity contribution in [1.82, 2.24) is 4.98 Å². The molecule has 0 aliphatic carbocycles. The van der Waals surface area contributed by atoms with Crippen LogP contribution in [-0.4, -0.2) is 10.8 Å². The van der Waals surface area contributed by atoms with Crippen LogP contribution in [0.15, 0.2) is 36.5 Å². The summed E-state index contributed by atoms with van der Waals surface area (Å²) >= 11 is 5.80. The van der Waals surface area contributed by atoms with Crippen LogP contribution in [0.1, 0.15) is 17.3 Å². The molecule has 0 amide bonds. The molecule has 0 N–H and O–H groups in total. The van der Waals surface area contributed by atoms with Gasteiger partial charge in [0.25, 0.3) is 0 Å². The number of nitrogens with zero attached hydrogens (tertiary/aromatic N) is 1. The van der Waals surface area contributed by atoms with E-state index in [-0.39, 0.29) is 5.78 Å². The number of hydrogen-bond donors (Lipinski definition) is 0. The number of aromatic nitrogens is 1. The van der Waals surface area contributed by atoms with Crippen molar-refractivity contribution in [3.05, 3.63) is 52.9 Å². The number of Topliss-reactive ketones (excluding diaryl/α,β-unsaturated/α-hetero) is 1. The van der Waals surface area contributed by atoms with E-state index in [0.717, 1.165) is 0 Å². The number of ketones is 1. The topological polar surface area (TPSA) is 30.0 Å². The standard InChI is InChI=1S/C13H9ClFNO/c1-8(17)9-2-5-13(16-7-9)11-6-10(14)3-4-12(11)15/h2-7H,1H3. The third-order valence-corrected chi connectivity index (χ3v) is 2.61. The first kappa shape index (κ1) is 11.7. The second-order valence-electron chi connectivity index (χ2n) is 3.61. The van der Waals surface area contributed by atoms with Gasteiger partial charge in [-0.25, -0.2) is 4.39 Å². The van der Waals surface area contributed by atoms with Gasteiger partial charge >= 0.3 is 0 Å². The van der Waals surface area contributed by atoms with Crippen LogP contribution in [0.2, 0.25) is 5.02 Å². The Labute approximate surface area is 103 Å². The highest BCUT2D eigenvalue weighted by Gasteiger charge is 2.08. The maximum atomic E-state index is 13.5. The lowest BCUT2D eigenvalue weighted by molar-refractivity contribution is 0.101. The summed E-state index contributed by atoms with van der Waals surface area (Å²) in [6.07, 6.45) is 1.43. The minimum atomic E-state index is -0.391. The summed E-state index contributed by atoms with van der Waals surface area (Å²) < 4.78 is 13.5. The fourth-order valence-electron chi connectivity index (χ4n) is 1.46. The lowest BCUT2D eigenvalue weighted by atomic mass is 10.1. The van der Waals surface area contributed by atoms with Gasteiger partial charge in [0.05, 0.1) is 5.69 Å². The second kappa shape index (κ2) is 4.63. The van der Waals surface area contributed by atoms with Gasteiger partial charge in [-0.2, -0.15) is 0 Å². The van der Waals surface area contributed by atoms with Crippen LogP contribution < -0.4 is 0 Å². The first-order valence-corrected chi connectivity index (χ1v) is 5.38. The summed E-state index contributed by atoms with van der Waals surface area (Å²) in [6, 6.07) is 7.49. The zero-order valence-electron chi connectivity index (χ0n) is 9.08. The van der Waals surface area contributed by atoms with Gasteiger partial charge in [0.1, 0.15) is 5.82 Å². The average molecular weight is 250 g/mol. The largest absolute Gasteiger partial charge is 0.294 e. The predicted molar refractivity (Wildman–Crippen MR) is 64.6 cm³/mol. The van der Waals surface area contributed by atoms with E-state index < -0.39 is 5.82 Å². The van der Waals surface area contributed by atoms with Crippen molar-refractivity contribution in [1.29, 1.82) is 0 Å². The summed E-state index contributed by atoms with van der Waals surface area (Å²) in [4.78, 5) is 15.1. The fourth-order valence-corrected chi connectivity index (χ4v) is 1.63. The van der Waals surface area contributed by atoms with E-state index in [0.29, 0.717) is 21.8 Å². The number of hydrogen-bond acceptors (Lipinski definition) is 2. The molecule has 0 unspecified atom stereocenters. The molecule has 0 spiro atoms. The van der Waals surface area contributed by atoms with Gasteiger partial charge in [-0.1, -0.05) is 11.6 Å². The molecule has 1 aromatic carbocycles. The zero-order valence-corrected chi connectivity index (χ0v) is 9.83. The maximum Gasteiger partial charge on any atom is 0.161 e. The molecule has 0 atom stereocenters. The summed E-state index contributed by atoms with van der Waals surface area (Å²) in [5.74, 6) is -0.465. The van der Waals surface area contributed by atoms with Crippen molar-refractivity contribution >= 4 is 17.4 Å². The Morgan fingerprint density at radius 2 is 2.06 bits per heavy atom. The molecule has 0 aliphatic heterocycles. The van der Waals surface area contributed by atoms with Gasteiger partial charge in [-0.15, -0.1) is 0 Å². The molecule has 1 aromatic heterocycles. The fraction of sp³-hybridized carbons (Fsp3) is 0.0769. The Morgan fingerprint density at radius 3 is 2.65 bits per heavy atom. The summed E-state index contributed by atoms with van der Waals surface area (Å²) in [5.41, 5.74) is 1.28. The SMILES string of the molecule is CC(=O)c1ccc(-c2cc(Cl)ccc2F)nc1. The molecule has 0 radical (unpaired) electrons. The average Bonchev–Trinajstić information content (AvgIpc) is 2.32. The molecule has 0 saturated heterocycles. The van der Waals surface area contributed by atoms with Crippen LogP contribution in [0.3, 0.4) is 0 Å². The van der Waals surface area contributed by atoms with E-state index in [2.05, 4.69) is 4.98 Å². The molecule has 2 aromatic rings. The molecule has 0 bridgehead atoms. The normalized spacial score (nSPS) is 10.3. The van der Waals surface area contributed by atoms with Crippen molar-refractivity contribution < 1.29 is 9.18 Å². The van der Waals surface area contributed by atoms with E-state index in [9.17, 15) is 9.18 Å². The monoisotopic (exact) mass is 249 g/mol. The van der Waals surface area contributed by atoms with E-state index >= 15 is 0 Å². The number of pyridine rings is 1. The van der Waals surface area contributed by atoms with Crippen LogP contribution in [0.25, 0.3) is 11.3 Å². The summed E-state index contributed by atoms with van der Waals surface area (Å²) in [7, 11) is 0. The predicted octanol–water partition coefficient (Wildman–Crippen LogP) is 3.74. The van der Waals surface area contributed by atoms with Gasteiger partial charge in [0.15, 0.2) is 5.78 Å². The molecule has 0 fully saturated rings. The smallest absolute Gasteiger partial charge is 0.161 e. The minimum absolute atomic E-state index is 0.0735. The molecule has 1 heterocycles. The van der Waals surface area contributed by atoms with Gasteiger partial charge in [-0.05, 0) is 37.3 Å². The molecule has 0 saturated carbocycles. The van der Waals surface area contributed by atoms with E-state index in [1.165, 1.54) is 31.3 Å².